The first-order valence-corrected chi connectivity index (χ1v) is 8.71. The maximum Gasteiger partial charge on any atom is 0.240 e. The second-order valence-corrected chi connectivity index (χ2v) is 7.84. The van der Waals surface area contributed by atoms with E-state index >= 15 is 0 Å². The summed E-state index contributed by atoms with van der Waals surface area (Å²) in [4.78, 5) is 0.277. The van der Waals surface area contributed by atoms with E-state index in [-0.39, 0.29) is 10.3 Å². The van der Waals surface area contributed by atoms with Gasteiger partial charge in [0.25, 0.3) is 0 Å². The fourth-order valence-corrected chi connectivity index (χ4v) is 3.29. The monoisotopic (exact) mass is 316 g/mol. The highest BCUT2D eigenvalue weighted by atomic mass is 35.5. The molecule has 0 unspecified atom stereocenters. The van der Waals surface area contributed by atoms with Crippen molar-refractivity contribution in [1.82, 2.24) is 10.0 Å². The third kappa shape index (κ3) is 3.95. The molecular formula is C14H21ClN2O2S. The first-order chi connectivity index (χ1) is 9.36. The maximum atomic E-state index is 12.3. The molecule has 1 aliphatic rings. The molecule has 2 rings (SSSR count). The molecule has 0 heterocycles. The molecule has 0 aromatic heterocycles. The maximum absolute atomic E-state index is 12.3. The van der Waals surface area contributed by atoms with Gasteiger partial charge in [-0.2, -0.15) is 0 Å². The molecule has 0 saturated heterocycles. The Hall–Kier alpha value is -0.620. The summed E-state index contributed by atoms with van der Waals surface area (Å²) in [5.41, 5.74) is 0.945. The SMILES string of the molecule is CCNCc1cc(S(=O)(=O)NCC2(C)CC2)ccc1Cl. The highest BCUT2D eigenvalue weighted by Gasteiger charge is 2.38. The van der Waals surface area contributed by atoms with Gasteiger partial charge in [-0.25, -0.2) is 13.1 Å². The highest BCUT2D eigenvalue weighted by Crippen LogP contribution is 2.44. The van der Waals surface area contributed by atoms with Gasteiger partial charge < -0.3 is 5.32 Å². The van der Waals surface area contributed by atoms with Gasteiger partial charge >= 0.3 is 0 Å². The van der Waals surface area contributed by atoms with Gasteiger partial charge in [-0.15, -0.1) is 0 Å². The number of hydrogen-bond donors (Lipinski definition) is 2. The zero-order valence-electron chi connectivity index (χ0n) is 11.9. The summed E-state index contributed by atoms with van der Waals surface area (Å²) in [7, 11) is -3.45. The zero-order chi connectivity index (χ0) is 14.8. The molecule has 0 spiro atoms. The van der Waals surface area contributed by atoms with Gasteiger partial charge in [0, 0.05) is 18.1 Å². The number of sulfonamides is 1. The first kappa shape index (κ1) is 15.8. The van der Waals surface area contributed by atoms with Crippen molar-refractivity contribution < 1.29 is 8.42 Å². The van der Waals surface area contributed by atoms with E-state index in [0.717, 1.165) is 24.9 Å². The van der Waals surface area contributed by atoms with Crippen LogP contribution in [0, 0.1) is 5.41 Å². The van der Waals surface area contributed by atoms with Crippen molar-refractivity contribution in [3.8, 4) is 0 Å². The summed E-state index contributed by atoms with van der Waals surface area (Å²) in [5.74, 6) is 0. The average Bonchev–Trinajstić information content (AvgIpc) is 3.14. The lowest BCUT2D eigenvalue weighted by atomic mass is 10.2. The number of halogens is 1. The summed E-state index contributed by atoms with van der Waals surface area (Å²) in [6.45, 7) is 5.96. The summed E-state index contributed by atoms with van der Waals surface area (Å²) in [5, 5.41) is 3.73. The molecule has 0 amide bonds. The molecule has 2 N–H and O–H groups in total. The van der Waals surface area contributed by atoms with Crippen LogP contribution in [0.2, 0.25) is 5.02 Å². The van der Waals surface area contributed by atoms with Crippen molar-refractivity contribution in [2.24, 2.45) is 5.41 Å². The Morgan fingerprint density at radius 2 is 2.05 bits per heavy atom. The van der Waals surface area contributed by atoms with Crippen molar-refractivity contribution in [3.05, 3.63) is 28.8 Å². The van der Waals surface area contributed by atoms with Gasteiger partial charge in [0.2, 0.25) is 10.0 Å². The quantitative estimate of drug-likeness (QED) is 0.812. The minimum atomic E-state index is -3.45. The Labute approximate surface area is 126 Å². The van der Waals surface area contributed by atoms with Crippen LogP contribution in [0.5, 0.6) is 0 Å². The molecule has 6 heteroatoms. The largest absolute Gasteiger partial charge is 0.313 e. The van der Waals surface area contributed by atoms with Gasteiger partial charge in [0.1, 0.15) is 0 Å². The predicted octanol–water partition coefficient (Wildman–Crippen LogP) is 2.53. The Balaban J connectivity index is 2.13. The molecule has 1 aromatic carbocycles. The van der Waals surface area contributed by atoms with Crippen molar-refractivity contribution in [2.75, 3.05) is 13.1 Å². The third-order valence-corrected chi connectivity index (χ3v) is 5.45. The second-order valence-electron chi connectivity index (χ2n) is 5.67. The van der Waals surface area contributed by atoms with E-state index in [4.69, 9.17) is 11.6 Å². The van der Waals surface area contributed by atoms with Crippen molar-refractivity contribution in [1.29, 1.82) is 0 Å². The topological polar surface area (TPSA) is 58.2 Å². The smallest absolute Gasteiger partial charge is 0.240 e. The van der Waals surface area contributed by atoms with Gasteiger partial charge in [0.05, 0.1) is 4.90 Å². The van der Waals surface area contributed by atoms with Crippen LogP contribution in [0.25, 0.3) is 0 Å². The molecular weight excluding hydrogens is 296 g/mol. The van der Waals surface area contributed by atoms with E-state index < -0.39 is 10.0 Å². The zero-order valence-corrected chi connectivity index (χ0v) is 13.4. The molecule has 0 atom stereocenters. The average molecular weight is 317 g/mol. The van der Waals surface area contributed by atoms with Crippen molar-refractivity contribution in [3.63, 3.8) is 0 Å². The molecule has 112 valence electrons. The molecule has 1 fully saturated rings. The minimum absolute atomic E-state index is 0.145. The highest BCUT2D eigenvalue weighted by molar-refractivity contribution is 7.89. The normalized spacial score (nSPS) is 17.1. The summed E-state index contributed by atoms with van der Waals surface area (Å²) in [6, 6.07) is 4.83. The molecule has 1 aliphatic carbocycles. The van der Waals surface area contributed by atoms with Crippen LogP contribution < -0.4 is 10.0 Å². The van der Waals surface area contributed by atoms with Crippen LogP contribution in [-0.4, -0.2) is 21.5 Å². The van der Waals surface area contributed by atoms with Gasteiger partial charge in [-0.3, -0.25) is 0 Å². The predicted molar refractivity (Wildman–Crippen MR) is 81.4 cm³/mol. The van der Waals surface area contributed by atoms with Gasteiger partial charge in [-0.05, 0) is 48.6 Å². The summed E-state index contributed by atoms with van der Waals surface area (Å²) in [6.07, 6.45) is 2.17. The molecule has 1 saturated carbocycles. The number of nitrogens with one attached hydrogen (secondary N) is 2. The van der Waals surface area contributed by atoms with Gasteiger partial charge in [0.15, 0.2) is 0 Å². The number of benzene rings is 1. The van der Waals surface area contributed by atoms with E-state index in [9.17, 15) is 8.42 Å². The van der Waals surface area contributed by atoms with Crippen LogP contribution in [-0.2, 0) is 16.6 Å². The van der Waals surface area contributed by atoms with Crippen molar-refractivity contribution in [2.45, 2.75) is 38.1 Å². The first-order valence-electron chi connectivity index (χ1n) is 6.85. The summed E-state index contributed by atoms with van der Waals surface area (Å²) >= 11 is 6.09. The van der Waals surface area contributed by atoms with E-state index in [1.807, 2.05) is 6.92 Å². The van der Waals surface area contributed by atoms with Crippen LogP contribution in [0.3, 0.4) is 0 Å². The fraction of sp³-hybridized carbons (Fsp3) is 0.571. The Morgan fingerprint density at radius 3 is 2.65 bits per heavy atom. The molecule has 0 radical (unpaired) electrons. The third-order valence-electron chi connectivity index (χ3n) is 3.69. The fourth-order valence-electron chi connectivity index (χ4n) is 1.86. The number of hydrogen-bond acceptors (Lipinski definition) is 3. The van der Waals surface area contributed by atoms with E-state index in [0.29, 0.717) is 18.1 Å². The van der Waals surface area contributed by atoms with Crippen LogP contribution >= 0.6 is 11.6 Å². The lowest BCUT2D eigenvalue weighted by Gasteiger charge is -2.12. The van der Waals surface area contributed by atoms with E-state index in [1.54, 1.807) is 18.2 Å². The Bertz CT molecular complexity index is 583. The molecule has 1 aromatic rings. The lowest BCUT2D eigenvalue weighted by molar-refractivity contribution is 0.530. The Morgan fingerprint density at radius 1 is 1.35 bits per heavy atom. The van der Waals surface area contributed by atoms with E-state index in [2.05, 4.69) is 17.0 Å². The molecule has 0 aliphatic heterocycles. The van der Waals surface area contributed by atoms with Gasteiger partial charge in [-0.1, -0.05) is 25.4 Å². The molecule has 4 nitrogen and oxygen atoms in total. The summed E-state index contributed by atoms with van der Waals surface area (Å²) < 4.78 is 27.2. The van der Waals surface area contributed by atoms with Crippen LogP contribution in [0.4, 0.5) is 0 Å². The minimum Gasteiger partial charge on any atom is -0.313 e. The van der Waals surface area contributed by atoms with Crippen LogP contribution in [0.15, 0.2) is 23.1 Å². The number of rotatable bonds is 7. The lowest BCUT2D eigenvalue weighted by Crippen LogP contribution is -2.29. The van der Waals surface area contributed by atoms with Crippen molar-refractivity contribution >= 4 is 21.6 Å². The second kappa shape index (κ2) is 6.02. The molecule has 0 bridgehead atoms. The standard InChI is InChI=1S/C14H21ClN2O2S/c1-3-16-9-11-8-12(4-5-13(11)15)20(18,19)17-10-14(2)6-7-14/h4-5,8,16-17H,3,6-7,9-10H2,1-2H3. The van der Waals surface area contributed by atoms with Crippen LogP contribution in [0.1, 0.15) is 32.3 Å². The van der Waals surface area contributed by atoms with E-state index in [1.165, 1.54) is 0 Å². The Kier molecular flexibility index (Phi) is 4.74. The molecule has 20 heavy (non-hydrogen) atoms.